The fourth-order valence-corrected chi connectivity index (χ4v) is 3.68. The van der Waals surface area contributed by atoms with Crippen LogP contribution in [0.2, 0.25) is 0 Å². The molecule has 122 valence electrons. The van der Waals surface area contributed by atoms with E-state index in [0.29, 0.717) is 27.6 Å². The minimum atomic E-state index is -1.23. The SMILES string of the molecule is O=C([O-])c1cccc(-c2ccc(/C=C3\Sc4ccccc4C3=O)o2)c1. The van der Waals surface area contributed by atoms with Gasteiger partial charge in [0.1, 0.15) is 11.5 Å². The van der Waals surface area contributed by atoms with Crippen LogP contribution in [-0.4, -0.2) is 11.8 Å². The zero-order valence-electron chi connectivity index (χ0n) is 12.9. The fourth-order valence-electron chi connectivity index (χ4n) is 2.65. The van der Waals surface area contributed by atoms with Crippen molar-refractivity contribution in [2.45, 2.75) is 4.90 Å². The summed E-state index contributed by atoms with van der Waals surface area (Å²) in [5.74, 6) is -0.181. The first kappa shape index (κ1) is 15.5. The van der Waals surface area contributed by atoms with Crippen LogP contribution in [0, 0.1) is 0 Å². The Labute approximate surface area is 147 Å². The normalized spacial score (nSPS) is 14.7. The number of furan rings is 1. The Hall–Kier alpha value is -3.05. The minimum absolute atomic E-state index is 0.0162. The molecule has 1 aliphatic rings. The Balaban J connectivity index is 1.64. The number of carbonyl (C=O) groups is 2. The number of aromatic carboxylic acids is 1. The van der Waals surface area contributed by atoms with E-state index in [1.54, 1.807) is 30.3 Å². The van der Waals surface area contributed by atoms with Crippen LogP contribution in [0.3, 0.4) is 0 Å². The summed E-state index contributed by atoms with van der Waals surface area (Å²) >= 11 is 1.42. The number of hydrogen-bond acceptors (Lipinski definition) is 5. The van der Waals surface area contributed by atoms with Crippen LogP contribution in [-0.2, 0) is 0 Å². The summed E-state index contributed by atoms with van der Waals surface area (Å²) < 4.78 is 5.76. The molecule has 0 atom stereocenters. The smallest absolute Gasteiger partial charge is 0.200 e. The maximum Gasteiger partial charge on any atom is 0.200 e. The third-order valence-electron chi connectivity index (χ3n) is 3.86. The van der Waals surface area contributed by atoms with Gasteiger partial charge in [0.2, 0.25) is 5.78 Å². The Kier molecular flexibility index (Phi) is 3.78. The predicted octanol–water partition coefficient (Wildman–Crippen LogP) is 3.64. The lowest BCUT2D eigenvalue weighted by Crippen LogP contribution is -2.22. The molecule has 0 radical (unpaired) electrons. The summed E-state index contributed by atoms with van der Waals surface area (Å²) in [6.07, 6.45) is 1.71. The zero-order valence-corrected chi connectivity index (χ0v) is 13.7. The van der Waals surface area contributed by atoms with E-state index in [1.807, 2.05) is 24.3 Å². The van der Waals surface area contributed by atoms with Crippen LogP contribution in [0.1, 0.15) is 26.5 Å². The number of rotatable bonds is 3. The lowest BCUT2D eigenvalue weighted by Gasteiger charge is -2.03. The molecule has 2 heterocycles. The van der Waals surface area contributed by atoms with Crippen molar-refractivity contribution in [3.05, 3.63) is 82.5 Å². The van der Waals surface area contributed by atoms with E-state index < -0.39 is 5.97 Å². The minimum Gasteiger partial charge on any atom is -0.545 e. The number of benzene rings is 2. The topological polar surface area (TPSA) is 70.3 Å². The number of carbonyl (C=O) groups excluding carboxylic acids is 2. The molecule has 0 saturated carbocycles. The molecular formula is C20H11O4S-. The fraction of sp³-hybridized carbons (Fsp3) is 0. The zero-order chi connectivity index (χ0) is 17.4. The van der Waals surface area contributed by atoms with Gasteiger partial charge in [-0.25, -0.2) is 0 Å². The average Bonchev–Trinajstić information content (AvgIpc) is 3.21. The van der Waals surface area contributed by atoms with E-state index in [0.717, 1.165) is 4.90 Å². The van der Waals surface area contributed by atoms with Gasteiger partial charge in [-0.3, -0.25) is 4.79 Å². The number of carboxylic acid groups (broad SMARTS) is 1. The van der Waals surface area contributed by atoms with Gasteiger partial charge in [-0.05, 0) is 42.0 Å². The van der Waals surface area contributed by atoms with Crippen molar-refractivity contribution in [3.63, 3.8) is 0 Å². The quantitative estimate of drug-likeness (QED) is 0.677. The lowest BCUT2D eigenvalue weighted by molar-refractivity contribution is -0.255. The van der Waals surface area contributed by atoms with Crippen LogP contribution in [0.5, 0.6) is 0 Å². The molecule has 3 aromatic rings. The first-order valence-corrected chi connectivity index (χ1v) is 8.38. The molecule has 4 nitrogen and oxygen atoms in total. The molecule has 0 bridgehead atoms. The van der Waals surface area contributed by atoms with Gasteiger partial charge in [-0.15, -0.1) is 0 Å². The molecule has 1 aromatic heterocycles. The van der Waals surface area contributed by atoms with Crippen LogP contribution in [0.25, 0.3) is 17.4 Å². The van der Waals surface area contributed by atoms with E-state index in [9.17, 15) is 14.7 Å². The lowest BCUT2D eigenvalue weighted by atomic mass is 10.1. The predicted molar refractivity (Wildman–Crippen MR) is 93.1 cm³/mol. The highest BCUT2D eigenvalue weighted by Crippen LogP contribution is 2.40. The monoisotopic (exact) mass is 347 g/mol. The highest BCUT2D eigenvalue weighted by molar-refractivity contribution is 8.04. The highest BCUT2D eigenvalue weighted by Gasteiger charge is 2.25. The molecule has 0 saturated heterocycles. The summed E-state index contributed by atoms with van der Waals surface area (Å²) in [7, 11) is 0. The number of carboxylic acids is 1. The van der Waals surface area contributed by atoms with Gasteiger partial charge in [0.05, 0.1) is 10.9 Å². The third kappa shape index (κ3) is 2.90. The van der Waals surface area contributed by atoms with Crippen LogP contribution in [0.15, 0.2) is 74.9 Å². The van der Waals surface area contributed by atoms with E-state index >= 15 is 0 Å². The van der Waals surface area contributed by atoms with Gasteiger partial charge >= 0.3 is 0 Å². The molecule has 0 unspecified atom stereocenters. The van der Waals surface area contributed by atoms with E-state index in [2.05, 4.69) is 0 Å². The van der Waals surface area contributed by atoms with Gasteiger partial charge in [0, 0.05) is 16.0 Å². The van der Waals surface area contributed by atoms with Crippen LogP contribution in [0.4, 0.5) is 0 Å². The average molecular weight is 347 g/mol. The van der Waals surface area contributed by atoms with Crippen molar-refractivity contribution in [1.29, 1.82) is 0 Å². The molecule has 0 spiro atoms. The Morgan fingerprint density at radius 1 is 1.04 bits per heavy atom. The second kappa shape index (κ2) is 6.11. The van der Waals surface area contributed by atoms with Crippen molar-refractivity contribution < 1.29 is 19.1 Å². The maximum atomic E-state index is 12.4. The molecule has 0 fully saturated rings. The number of hydrogen-bond donors (Lipinski definition) is 0. The molecule has 4 rings (SSSR count). The van der Waals surface area contributed by atoms with Crippen molar-refractivity contribution >= 4 is 29.6 Å². The van der Waals surface area contributed by atoms with Crippen LogP contribution >= 0.6 is 11.8 Å². The standard InChI is InChI=1S/C20H12O4S/c21-19-15-6-1-2-7-17(15)25-18(19)11-14-8-9-16(24-14)12-4-3-5-13(10-12)20(22)23/h1-11H,(H,22,23)/p-1/b18-11-. The van der Waals surface area contributed by atoms with Gasteiger partial charge in [-0.2, -0.15) is 0 Å². The van der Waals surface area contributed by atoms with Crippen molar-refractivity contribution in [2.24, 2.45) is 0 Å². The second-order valence-electron chi connectivity index (χ2n) is 5.51. The Morgan fingerprint density at radius 2 is 1.88 bits per heavy atom. The molecular weight excluding hydrogens is 336 g/mol. The van der Waals surface area contributed by atoms with Gasteiger partial charge in [0.15, 0.2) is 0 Å². The molecule has 0 aliphatic carbocycles. The largest absolute Gasteiger partial charge is 0.545 e. The first-order chi connectivity index (χ1) is 12.1. The first-order valence-electron chi connectivity index (χ1n) is 7.57. The Bertz CT molecular complexity index is 1030. The molecule has 1 aliphatic heterocycles. The number of ketones is 1. The summed E-state index contributed by atoms with van der Waals surface area (Å²) in [6.45, 7) is 0. The molecule has 25 heavy (non-hydrogen) atoms. The van der Waals surface area contributed by atoms with Gasteiger partial charge in [0.25, 0.3) is 0 Å². The van der Waals surface area contributed by atoms with Gasteiger partial charge in [-0.1, -0.05) is 42.1 Å². The summed E-state index contributed by atoms with van der Waals surface area (Å²) in [6, 6.07) is 17.3. The molecule has 0 N–H and O–H groups in total. The number of Topliss-reactive ketones (excluding diaryl/α,β-unsaturated/α-hetero) is 1. The van der Waals surface area contributed by atoms with Crippen LogP contribution < -0.4 is 5.11 Å². The highest BCUT2D eigenvalue weighted by atomic mass is 32.2. The van der Waals surface area contributed by atoms with Crippen molar-refractivity contribution in [2.75, 3.05) is 0 Å². The molecule has 5 heteroatoms. The molecule has 0 amide bonds. The van der Waals surface area contributed by atoms with E-state index in [-0.39, 0.29) is 11.3 Å². The number of allylic oxidation sites excluding steroid dienone is 1. The van der Waals surface area contributed by atoms with Crippen molar-refractivity contribution in [3.8, 4) is 11.3 Å². The van der Waals surface area contributed by atoms with E-state index in [1.165, 1.54) is 23.9 Å². The third-order valence-corrected chi connectivity index (χ3v) is 4.96. The maximum absolute atomic E-state index is 12.4. The Morgan fingerprint density at radius 3 is 2.68 bits per heavy atom. The summed E-state index contributed by atoms with van der Waals surface area (Å²) in [4.78, 5) is 24.9. The number of thioether (sulfide) groups is 1. The summed E-state index contributed by atoms with van der Waals surface area (Å²) in [5.41, 5.74) is 1.43. The van der Waals surface area contributed by atoms with Gasteiger partial charge < -0.3 is 14.3 Å². The molecule has 2 aromatic carbocycles. The van der Waals surface area contributed by atoms with Crippen molar-refractivity contribution in [1.82, 2.24) is 0 Å². The number of fused-ring (bicyclic) bond motifs is 1. The summed E-state index contributed by atoms with van der Waals surface area (Å²) in [5, 5.41) is 11.0. The second-order valence-corrected chi connectivity index (χ2v) is 6.59. The van der Waals surface area contributed by atoms with E-state index in [4.69, 9.17) is 4.42 Å².